The first-order chi connectivity index (χ1) is 14.3. The minimum atomic E-state index is -1.70. The molecule has 3 rings (SSSR count). The largest absolute Gasteiger partial charge is 0.346 e. The molecule has 0 fully saturated rings. The van der Waals surface area contributed by atoms with E-state index >= 15 is 0 Å². The van der Waals surface area contributed by atoms with Gasteiger partial charge in [0, 0.05) is 5.02 Å². The zero-order valence-corrected chi connectivity index (χ0v) is 16.6. The molecule has 12 heteroatoms. The molecule has 2 amide bonds. The molecule has 1 aromatic heterocycles. The maximum atomic E-state index is 13.6. The molecule has 0 radical (unpaired) electrons. The van der Waals surface area contributed by atoms with E-state index in [-0.39, 0.29) is 5.75 Å². The molecule has 7 nitrogen and oxygen atoms in total. The van der Waals surface area contributed by atoms with Gasteiger partial charge in [0.2, 0.25) is 11.8 Å². The van der Waals surface area contributed by atoms with Crippen LogP contribution in [-0.4, -0.2) is 38.9 Å². The quantitative estimate of drug-likeness (QED) is 0.422. The van der Waals surface area contributed by atoms with Crippen molar-refractivity contribution in [3.05, 3.63) is 65.2 Å². The van der Waals surface area contributed by atoms with Crippen LogP contribution in [0.25, 0.3) is 5.69 Å². The van der Waals surface area contributed by atoms with Crippen LogP contribution in [0, 0.1) is 17.5 Å². The van der Waals surface area contributed by atoms with Crippen molar-refractivity contribution >= 4 is 40.9 Å². The molecule has 30 heavy (non-hydrogen) atoms. The third-order valence-electron chi connectivity index (χ3n) is 3.69. The third-order valence-corrected chi connectivity index (χ3v) is 4.87. The van der Waals surface area contributed by atoms with Gasteiger partial charge >= 0.3 is 0 Å². The zero-order chi connectivity index (χ0) is 21.7. The van der Waals surface area contributed by atoms with Crippen molar-refractivity contribution in [3.63, 3.8) is 0 Å². The van der Waals surface area contributed by atoms with Gasteiger partial charge in [-0.05, 0) is 30.3 Å². The standard InChI is InChI=1S/C18H13ClF3N5O2S/c19-10-2-1-3-11(6-10)27-9-24-26-18(27)30-8-15(29)23-7-14(28)25-13-5-4-12(20)16(21)17(13)22/h1-6,9H,7-8H2,(H,23,29)(H,25,28). The van der Waals surface area contributed by atoms with E-state index in [2.05, 4.69) is 20.8 Å². The third kappa shape index (κ3) is 5.30. The molecule has 3 aromatic rings. The molecule has 0 bridgehead atoms. The Kier molecular flexibility index (Phi) is 6.95. The Morgan fingerprint density at radius 2 is 1.90 bits per heavy atom. The van der Waals surface area contributed by atoms with Crippen LogP contribution < -0.4 is 10.6 Å². The summed E-state index contributed by atoms with van der Waals surface area (Å²) in [6.45, 7) is -0.487. The monoisotopic (exact) mass is 455 g/mol. The van der Waals surface area contributed by atoms with E-state index in [1.165, 1.54) is 6.33 Å². The SMILES string of the molecule is O=C(CSc1nncn1-c1cccc(Cl)c1)NCC(=O)Nc1ccc(F)c(F)c1F. The lowest BCUT2D eigenvalue weighted by Crippen LogP contribution is -2.34. The zero-order valence-electron chi connectivity index (χ0n) is 15.0. The molecule has 0 saturated carbocycles. The molecular formula is C18H13ClF3N5O2S. The topological polar surface area (TPSA) is 88.9 Å². The van der Waals surface area contributed by atoms with Gasteiger partial charge in [-0.3, -0.25) is 14.2 Å². The van der Waals surface area contributed by atoms with Gasteiger partial charge in [-0.15, -0.1) is 10.2 Å². The summed E-state index contributed by atoms with van der Waals surface area (Å²) in [5.41, 5.74) is 0.181. The van der Waals surface area contributed by atoms with E-state index in [4.69, 9.17) is 11.6 Å². The second-order valence-corrected chi connectivity index (χ2v) is 7.18. The van der Waals surface area contributed by atoms with Crippen molar-refractivity contribution in [2.24, 2.45) is 0 Å². The molecule has 0 aliphatic rings. The van der Waals surface area contributed by atoms with Gasteiger partial charge in [0.15, 0.2) is 22.6 Å². The molecule has 1 heterocycles. The number of carbonyl (C=O) groups is 2. The Bertz CT molecular complexity index is 1100. The van der Waals surface area contributed by atoms with Crippen molar-refractivity contribution in [1.82, 2.24) is 20.1 Å². The Balaban J connectivity index is 1.51. The number of benzene rings is 2. The lowest BCUT2D eigenvalue weighted by Gasteiger charge is -2.09. The highest BCUT2D eigenvalue weighted by Gasteiger charge is 2.16. The van der Waals surface area contributed by atoms with Crippen LogP contribution in [0.1, 0.15) is 0 Å². The first-order valence-corrected chi connectivity index (χ1v) is 9.70. The van der Waals surface area contributed by atoms with E-state index in [0.717, 1.165) is 17.8 Å². The van der Waals surface area contributed by atoms with Crippen molar-refractivity contribution in [3.8, 4) is 5.69 Å². The summed E-state index contributed by atoms with van der Waals surface area (Å²) in [6, 6.07) is 8.53. The van der Waals surface area contributed by atoms with Crippen molar-refractivity contribution in [2.45, 2.75) is 5.16 Å². The Morgan fingerprint density at radius 3 is 2.67 bits per heavy atom. The number of thioether (sulfide) groups is 1. The molecule has 0 aliphatic heterocycles. The van der Waals surface area contributed by atoms with E-state index in [1.807, 2.05) is 0 Å². The summed E-state index contributed by atoms with van der Waals surface area (Å²) >= 11 is 7.05. The fraction of sp³-hybridized carbons (Fsp3) is 0.111. The lowest BCUT2D eigenvalue weighted by atomic mass is 10.2. The highest BCUT2D eigenvalue weighted by Crippen LogP contribution is 2.22. The highest BCUT2D eigenvalue weighted by atomic mass is 35.5. The number of hydrogen-bond acceptors (Lipinski definition) is 5. The maximum absolute atomic E-state index is 13.6. The number of nitrogens with zero attached hydrogens (tertiary/aromatic N) is 3. The highest BCUT2D eigenvalue weighted by molar-refractivity contribution is 7.99. The maximum Gasteiger partial charge on any atom is 0.243 e. The van der Waals surface area contributed by atoms with Gasteiger partial charge in [0.25, 0.3) is 0 Å². The number of hydrogen-bond donors (Lipinski definition) is 2. The van der Waals surface area contributed by atoms with Crippen LogP contribution in [-0.2, 0) is 9.59 Å². The van der Waals surface area contributed by atoms with Crippen LogP contribution in [0.5, 0.6) is 0 Å². The van der Waals surface area contributed by atoms with Crippen LogP contribution in [0.4, 0.5) is 18.9 Å². The van der Waals surface area contributed by atoms with Gasteiger partial charge in [-0.1, -0.05) is 29.4 Å². The van der Waals surface area contributed by atoms with E-state index < -0.39 is 41.5 Å². The first kappa shape index (κ1) is 21.7. The van der Waals surface area contributed by atoms with Crippen LogP contribution in [0.2, 0.25) is 5.02 Å². The summed E-state index contributed by atoms with van der Waals surface area (Å²) in [7, 11) is 0. The number of nitrogens with one attached hydrogen (secondary N) is 2. The number of aromatic nitrogens is 3. The fourth-order valence-corrected chi connectivity index (χ4v) is 3.25. The molecular weight excluding hydrogens is 443 g/mol. The second-order valence-electron chi connectivity index (χ2n) is 5.80. The number of amides is 2. The first-order valence-electron chi connectivity index (χ1n) is 8.34. The van der Waals surface area contributed by atoms with Gasteiger partial charge in [0.1, 0.15) is 6.33 Å². The summed E-state index contributed by atoms with van der Waals surface area (Å²) in [5.74, 6) is -5.97. The second kappa shape index (κ2) is 9.63. The Morgan fingerprint density at radius 1 is 1.10 bits per heavy atom. The van der Waals surface area contributed by atoms with Crippen LogP contribution in [0.15, 0.2) is 47.9 Å². The minimum Gasteiger partial charge on any atom is -0.346 e. The average Bonchev–Trinajstić information content (AvgIpc) is 3.20. The number of halogens is 4. The smallest absolute Gasteiger partial charge is 0.243 e. The summed E-state index contributed by atoms with van der Waals surface area (Å²) in [5, 5.41) is 13.1. The van der Waals surface area contributed by atoms with E-state index in [0.29, 0.717) is 21.9 Å². The normalized spacial score (nSPS) is 10.7. The molecule has 2 N–H and O–H groups in total. The van der Waals surface area contributed by atoms with Crippen LogP contribution in [0.3, 0.4) is 0 Å². The molecule has 0 saturated heterocycles. The molecule has 0 spiro atoms. The molecule has 0 atom stereocenters. The predicted molar refractivity (Wildman–Crippen MR) is 105 cm³/mol. The molecule has 0 aliphatic carbocycles. The van der Waals surface area contributed by atoms with E-state index in [1.54, 1.807) is 28.8 Å². The van der Waals surface area contributed by atoms with Gasteiger partial charge < -0.3 is 10.6 Å². The summed E-state index contributed by atoms with van der Waals surface area (Å²) in [4.78, 5) is 23.8. The number of rotatable bonds is 7. The molecule has 2 aromatic carbocycles. The summed E-state index contributed by atoms with van der Waals surface area (Å²) in [6.07, 6.45) is 1.47. The summed E-state index contributed by atoms with van der Waals surface area (Å²) < 4.78 is 41.3. The van der Waals surface area contributed by atoms with Gasteiger partial charge in [-0.2, -0.15) is 0 Å². The van der Waals surface area contributed by atoms with Gasteiger partial charge in [-0.25, -0.2) is 13.2 Å². The Labute approximate surface area is 177 Å². The minimum absolute atomic E-state index is 0.0773. The predicted octanol–water partition coefficient (Wildman–Crippen LogP) is 3.19. The van der Waals surface area contributed by atoms with Crippen molar-refractivity contribution in [2.75, 3.05) is 17.6 Å². The van der Waals surface area contributed by atoms with E-state index in [9.17, 15) is 22.8 Å². The van der Waals surface area contributed by atoms with Crippen molar-refractivity contribution < 1.29 is 22.8 Å². The van der Waals surface area contributed by atoms with Crippen molar-refractivity contribution in [1.29, 1.82) is 0 Å². The molecule has 0 unspecified atom stereocenters. The number of carbonyl (C=O) groups excluding carboxylic acids is 2. The lowest BCUT2D eigenvalue weighted by molar-refractivity contribution is -0.122. The Hall–Kier alpha value is -3.05. The fourth-order valence-electron chi connectivity index (χ4n) is 2.30. The number of anilines is 1. The molecule has 156 valence electrons. The van der Waals surface area contributed by atoms with Gasteiger partial charge in [0.05, 0.1) is 23.7 Å². The average molecular weight is 456 g/mol. The van der Waals surface area contributed by atoms with Crippen LogP contribution >= 0.6 is 23.4 Å².